The van der Waals surface area contributed by atoms with E-state index in [0.29, 0.717) is 18.3 Å². The number of aromatic hydroxyl groups is 2. The van der Waals surface area contributed by atoms with Crippen molar-refractivity contribution in [3.05, 3.63) is 95.3 Å². The summed E-state index contributed by atoms with van der Waals surface area (Å²) in [6.07, 6.45) is 1.24. The van der Waals surface area contributed by atoms with Gasteiger partial charge in [-0.05, 0) is 65.9 Å². The molecule has 3 rings (SSSR count). The lowest BCUT2D eigenvalue weighted by atomic mass is 10.0. The normalized spacial score (nSPS) is 12.9. The summed E-state index contributed by atoms with van der Waals surface area (Å²) in [4.78, 5) is 52.9. The molecule has 0 spiro atoms. The zero-order valence-electron chi connectivity index (χ0n) is 24.0. The molecule has 228 valence electrons. The standard InChI is InChI=1S/C32H36FN3O7/c1-36(25(19-37)17-22-5-12-26(38)13-6-22)32(42)29(20-43-2)35-31(41)28(18-23-7-14-27(39)15-8-23)34-30(40)16-9-21-3-10-24(33)11-4-21/h3-8,10-15,19,25,28-29,38-39H,9,16-18,20H2,1-2H3,(H,34,40)(H,35,41)/t25-,28+,29-/m0/s1. The maximum atomic E-state index is 13.5. The van der Waals surface area contributed by atoms with Crippen LogP contribution in [0.1, 0.15) is 23.1 Å². The number of amides is 3. The molecule has 0 aromatic heterocycles. The van der Waals surface area contributed by atoms with Gasteiger partial charge in [0, 0.05) is 27.0 Å². The van der Waals surface area contributed by atoms with Crippen LogP contribution in [-0.4, -0.2) is 78.0 Å². The molecule has 0 heterocycles. The fourth-order valence-electron chi connectivity index (χ4n) is 4.43. The minimum absolute atomic E-state index is 0.0342. The van der Waals surface area contributed by atoms with Gasteiger partial charge in [0.25, 0.3) is 0 Å². The number of phenols is 2. The zero-order chi connectivity index (χ0) is 31.4. The minimum Gasteiger partial charge on any atom is -0.508 e. The third kappa shape index (κ3) is 10.2. The summed E-state index contributed by atoms with van der Waals surface area (Å²) in [5, 5.41) is 24.5. The van der Waals surface area contributed by atoms with E-state index in [4.69, 9.17) is 4.74 Å². The molecule has 0 bridgehead atoms. The largest absolute Gasteiger partial charge is 0.508 e. The van der Waals surface area contributed by atoms with Crippen molar-refractivity contribution < 1.29 is 38.5 Å². The number of carbonyl (C=O) groups is 4. The van der Waals surface area contributed by atoms with Crippen LogP contribution in [0.25, 0.3) is 0 Å². The number of benzene rings is 3. The first kappa shape index (κ1) is 32.7. The zero-order valence-corrected chi connectivity index (χ0v) is 24.0. The molecule has 0 unspecified atom stereocenters. The van der Waals surface area contributed by atoms with Crippen LogP contribution in [0.2, 0.25) is 0 Å². The Hall–Kier alpha value is -4.77. The fourth-order valence-corrected chi connectivity index (χ4v) is 4.43. The number of nitrogens with one attached hydrogen (secondary N) is 2. The summed E-state index contributed by atoms with van der Waals surface area (Å²) in [7, 11) is 2.81. The smallest absolute Gasteiger partial charge is 0.247 e. The quantitative estimate of drug-likeness (QED) is 0.198. The minimum atomic E-state index is -1.16. The summed E-state index contributed by atoms with van der Waals surface area (Å²) >= 11 is 0. The van der Waals surface area contributed by atoms with E-state index in [-0.39, 0.29) is 43.2 Å². The van der Waals surface area contributed by atoms with Crippen molar-refractivity contribution >= 4 is 24.0 Å². The summed E-state index contributed by atoms with van der Waals surface area (Å²) in [6, 6.07) is 15.1. The SMILES string of the molecule is COC[C@H](NC(=O)[C@@H](Cc1ccc(O)cc1)NC(=O)CCc1ccc(F)cc1)C(=O)N(C)[C@H](C=O)Cc1ccc(O)cc1. The predicted octanol–water partition coefficient (Wildman–Crippen LogP) is 2.30. The molecule has 4 N–H and O–H groups in total. The topological polar surface area (TPSA) is 145 Å². The highest BCUT2D eigenvalue weighted by Gasteiger charge is 2.31. The fraction of sp³-hybridized carbons (Fsp3) is 0.312. The van der Waals surface area contributed by atoms with Gasteiger partial charge in [-0.1, -0.05) is 36.4 Å². The van der Waals surface area contributed by atoms with Gasteiger partial charge < -0.3 is 35.3 Å². The molecule has 0 aliphatic heterocycles. The summed E-state index contributed by atoms with van der Waals surface area (Å²) in [6.45, 7) is -0.190. The maximum Gasteiger partial charge on any atom is 0.247 e. The van der Waals surface area contributed by atoms with E-state index in [0.717, 1.165) is 11.1 Å². The van der Waals surface area contributed by atoms with E-state index >= 15 is 0 Å². The first-order valence-electron chi connectivity index (χ1n) is 13.7. The Balaban J connectivity index is 1.73. The first-order chi connectivity index (χ1) is 20.6. The van der Waals surface area contributed by atoms with E-state index < -0.39 is 35.8 Å². The molecule has 0 saturated heterocycles. The van der Waals surface area contributed by atoms with Crippen LogP contribution in [-0.2, 0) is 43.2 Å². The average Bonchev–Trinajstić information content (AvgIpc) is 3.00. The van der Waals surface area contributed by atoms with Gasteiger partial charge >= 0.3 is 0 Å². The second-order valence-electron chi connectivity index (χ2n) is 10.2. The molecule has 3 aromatic carbocycles. The highest BCUT2D eigenvalue weighted by Crippen LogP contribution is 2.15. The molecule has 3 amide bonds. The van der Waals surface area contributed by atoms with Crippen LogP contribution in [0.15, 0.2) is 72.8 Å². The average molecular weight is 594 g/mol. The van der Waals surface area contributed by atoms with Crippen LogP contribution in [0.3, 0.4) is 0 Å². The Bertz CT molecular complexity index is 1370. The Morgan fingerprint density at radius 1 is 0.837 bits per heavy atom. The molecule has 0 radical (unpaired) electrons. The highest BCUT2D eigenvalue weighted by molar-refractivity contribution is 5.93. The van der Waals surface area contributed by atoms with E-state index in [9.17, 15) is 33.8 Å². The number of methoxy groups -OCH3 is 1. The number of nitrogens with zero attached hydrogens (tertiary/aromatic N) is 1. The van der Waals surface area contributed by atoms with Crippen LogP contribution in [0.4, 0.5) is 4.39 Å². The Morgan fingerprint density at radius 2 is 1.37 bits per heavy atom. The Kier molecular flexibility index (Phi) is 12.2. The number of carbonyl (C=O) groups excluding carboxylic acids is 4. The van der Waals surface area contributed by atoms with Crippen LogP contribution in [0, 0.1) is 5.82 Å². The summed E-state index contributed by atoms with van der Waals surface area (Å²) in [5.74, 6) is -1.92. The van der Waals surface area contributed by atoms with E-state index in [1.165, 1.54) is 55.5 Å². The molecule has 11 heteroatoms. The van der Waals surface area contributed by atoms with E-state index in [1.807, 2.05) is 0 Å². The number of phenolic OH excluding ortho intramolecular Hbond substituents is 2. The molecule has 0 saturated carbocycles. The maximum absolute atomic E-state index is 13.5. The lowest BCUT2D eigenvalue weighted by Gasteiger charge is -2.29. The van der Waals surface area contributed by atoms with Gasteiger partial charge in [0.15, 0.2) is 0 Å². The highest BCUT2D eigenvalue weighted by atomic mass is 19.1. The van der Waals surface area contributed by atoms with E-state index in [1.54, 1.807) is 36.4 Å². The number of aryl methyl sites for hydroxylation is 1. The molecule has 0 aliphatic rings. The molecule has 3 aromatic rings. The van der Waals surface area contributed by atoms with Crippen molar-refractivity contribution in [2.45, 2.75) is 43.8 Å². The van der Waals surface area contributed by atoms with Gasteiger partial charge in [-0.25, -0.2) is 4.39 Å². The molecule has 10 nitrogen and oxygen atoms in total. The van der Waals surface area contributed by atoms with Crippen LogP contribution >= 0.6 is 0 Å². The molecular weight excluding hydrogens is 557 g/mol. The van der Waals surface area contributed by atoms with Gasteiger partial charge in [-0.3, -0.25) is 14.4 Å². The molecule has 0 aliphatic carbocycles. The van der Waals surface area contributed by atoms with Gasteiger partial charge in [0.05, 0.1) is 12.6 Å². The number of aldehydes is 1. The lowest BCUT2D eigenvalue weighted by molar-refractivity contribution is -0.140. The Morgan fingerprint density at radius 3 is 1.91 bits per heavy atom. The molecule has 3 atom stereocenters. The van der Waals surface area contributed by atoms with Crippen molar-refractivity contribution in [2.24, 2.45) is 0 Å². The number of rotatable bonds is 15. The third-order valence-corrected chi connectivity index (χ3v) is 6.91. The van der Waals surface area contributed by atoms with Gasteiger partial charge in [0.1, 0.15) is 35.7 Å². The molecular formula is C32H36FN3O7. The number of hydrogen-bond acceptors (Lipinski definition) is 7. The van der Waals surface area contributed by atoms with Crippen LogP contribution in [0.5, 0.6) is 11.5 Å². The van der Waals surface area contributed by atoms with Gasteiger partial charge in [-0.15, -0.1) is 0 Å². The first-order valence-corrected chi connectivity index (χ1v) is 13.7. The number of halogens is 1. The molecule has 43 heavy (non-hydrogen) atoms. The van der Waals surface area contributed by atoms with Gasteiger partial charge in [0.2, 0.25) is 17.7 Å². The van der Waals surface area contributed by atoms with Crippen LogP contribution < -0.4 is 10.6 Å². The predicted molar refractivity (Wildman–Crippen MR) is 157 cm³/mol. The molecule has 0 fully saturated rings. The van der Waals surface area contributed by atoms with Gasteiger partial charge in [-0.2, -0.15) is 0 Å². The van der Waals surface area contributed by atoms with Crippen molar-refractivity contribution in [3.63, 3.8) is 0 Å². The second kappa shape index (κ2) is 16.0. The van der Waals surface area contributed by atoms with Crippen molar-refractivity contribution in [2.75, 3.05) is 20.8 Å². The summed E-state index contributed by atoms with van der Waals surface area (Å²) in [5.41, 5.74) is 2.12. The van der Waals surface area contributed by atoms with Crippen molar-refractivity contribution in [3.8, 4) is 11.5 Å². The second-order valence-corrected chi connectivity index (χ2v) is 10.2. The monoisotopic (exact) mass is 593 g/mol. The van der Waals surface area contributed by atoms with Crippen molar-refractivity contribution in [1.29, 1.82) is 0 Å². The third-order valence-electron chi connectivity index (χ3n) is 6.91. The number of hydrogen-bond donors (Lipinski definition) is 4. The lowest BCUT2D eigenvalue weighted by Crippen LogP contribution is -2.57. The number of likely N-dealkylation sites (N-methyl/N-ethyl adjacent to an activating group) is 1. The van der Waals surface area contributed by atoms with Crippen molar-refractivity contribution in [1.82, 2.24) is 15.5 Å². The Labute approximate surface area is 249 Å². The summed E-state index contributed by atoms with van der Waals surface area (Å²) < 4.78 is 18.4. The number of ether oxygens (including phenoxy) is 1. The van der Waals surface area contributed by atoms with E-state index in [2.05, 4.69) is 10.6 Å².